The third kappa shape index (κ3) is 2.79. The van der Waals surface area contributed by atoms with Crippen LogP contribution in [0.25, 0.3) is 0 Å². The molecule has 1 saturated heterocycles. The average Bonchev–Trinajstić information content (AvgIpc) is 2.78. The number of likely N-dealkylation sites (tertiary alicyclic amines) is 1. The van der Waals surface area contributed by atoms with Crippen LogP contribution in [-0.2, 0) is 0 Å². The molecule has 2 nitrogen and oxygen atoms in total. The second-order valence-electron chi connectivity index (χ2n) is 6.07. The second-order valence-corrected chi connectivity index (χ2v) is 7.05. The molecule has 3 heteroatoms. The molecule has 1 aromatic heterocycles. The summed E-state index contributed by atoms with van der Waals surface area (Å²) in [4.78, 5) is 4.05. The number of nitrogens with two attached hydrogens (primary N) is 1. The predicted molar refractivity (Wildman–Crippen MR) is 79.8 cm³/mol. The average molecular weight is 266 g/mol. The molecule has 1 fully saturated rings. The van der Waals surface area contributed by atoms with Gasteiger partial charge in [0.1, 0.15) is 0 Å². The summed E-state index contributed by atoms with van der Waals surface area (Å²) in [7, 11) is 0. The fourth-order valence-corrected chi connectivity index (χ4v) is 4.27. The number of hydrogen-bond acceptors (Lipinski definition) is 3. The van der Waals surface area contributed by atoms with Crippen molar-refractivity contribution in [1.29, 1.82) is 0 Å². The van der Waals surface area contributed by atoms with Gasteiger partial charge in [-0.25, -0.2) is 0 Å². The van der Waals surface area contributed by atoms with E-state index < -0.39 is 0 Å². The monoisotopic (exact) mass is 266 g/mol. The van der Waals surface area contributed by atoms with E-state index in [1.807, 2.05) is 11.3 Å². The molecule has 2 heterocycles. The van der Waals surface area contributed by atoms with E-state index >= 15 is 0 Å². The van der Waals surface area contributed by atoms with Gasteiger partial charge in [0.15, 0.2) is 0 Å². The van der Waals surface area contributed by atoms with Crippen LogP contribution in [-0.4, -0.2) is 23.5 Å². The van der Waals surface area contributed by atoms with Gasteiger partial charge in [0.2, 0.25) is 0 Å². The fraction of sp³-hybridized carbons (Fsp3) is 0.733. The summed E-state index contributed by atoms with van der Waals surface area (Å²) in [5.41, 5.74) is 6.28. The summed E-state index contributed by atoms with van der Waals surface area (Å²) in [6, 6.07) is 5.56. The summed E-state index contributed by atoms with van der Waals surface area (Å²) < 4.78 is 0. The zero-order chi connectivity index (χ0) is 13.3. The molecule has 0 saturated carbocycles. The van der Waals surface area contributed by atoms with Gasteiger partial charge in [0.25, 0.3) is 0 Å². The standard InChI is InChI=1S/C15H26N2S/c1-10-8-11(2)13(4)17(9-10)15(12(3)16)14-6-5-7-18-14/h5-7,10-13,15H,8-9,16H2,1-4H3. The van der Waals surface area contributed by atoms with Crippen LogP contribution >= 0.6 is 11.3 Å². The minimum absolute atomic E-state index is 0.184. The predicted octanol–water partition coefficient (Wildman–Crippen LogP) is 3.50. The Hall–Kier alpha value is -0.380. The molecule has 0 aliphatic carbocycles. The van der Waals surface area contributed by atoms with Gasteiger partial charge in [-0.1, -0.05) is 19.9 Å². The molecule has 0 bridgehead atoms. The van der Waals surface area contributed by atoms with Crippen LogP contribution < -0.4 is 5.73 Å². The molecule has 5 atom stereocenters. The lowest BCUT2D eigenvalue weighted by Gasteiger charge is -2.46. The van der Waals surface area contributed by atoms with Crippen molar-refractivity contribution in [2.75, 3.05) is 6.54 Å². The highest BCUT2D eigenvalue weighted by atomic mass is 32.1. The van der Waals surface area contributed by atoms with E-state index in [9.17, 15) is 0 Å². The van der Waals surface area contributed by atoms with E-state index in [1.54, 1.807) is 0 Å². The second kappa shape index (κ2) is 5.72. The highest BCUT2D eigenvalue weighted by Crippen LogP contribution is 2.36. The maximum absolute atomic E-state index is 6.28. The molecule has 5 unspecified atom stereocenters. The van der Waals surface area contributed by atoms with Crippen LogP contribution in [0, 0.1) is 11.8 Å². The molecule has 1 aliphatic heterocycles. The number of thiophene rings is 1. The molecule has 102 valence electrons. The Morgan fingerprint density at radius 3 is 2.67 bits per heavy atom. The highest BCUT2D eigenvalue weighted by Gasteiger charge is 2.35. The SMILES string of the molecule is CC1CC(C)C(C)N(C(c2cccs2)C(C)N)C1. The van der Waals surface area contributed by atoms with Crippen molar-refractivity contribution >= 4 is 11.3 Å². The molecule has 0 amide bonds. The van der Waals surface area contributed by atoms with Gasteiger partial charge in [-0.3, -0.25) is 4.90 Å². The lowest BCUT2D eigenvalue weighted by atomic mass is 9.84. The lowest BCUT2D eigenvalue weighted by Crippen LogP contribution is -2.51. The maximum Gasteiger partial charge on any atom is 0.0593 e. The van der Waals surface area contributed by atoms with E-state index in [0.29, 0.717) is 12.1 Å². The Morgan fingerprint density at radius 2 is 2.11 bits per heavy atom. The molecule has 0 aromatic carbocycles. The number of nitrogens with zero attached hydrogens (tertiary/aromatic N) is 1. The zero-order valence-electron chi connectivity index (χ0n) is 12.0. The third-order valence-corrected chi connectivity index (χ3v) is 5.28. The van der Waals surface area contributed by atoms with Crippen molar-refractivity contribution in [3.8, 4) is 0 Å². The van der Waals surface area contributed by atoms with E-state index in [0.717, 1.165) is 11.8 Å². The van der Waals surface area contributed by atoms with Gasteiger partial charge in [-0.05, 0) is 43.6 Å². The number of rotatable bonds is 3. The first-order chi connectivity index (χ1) is 8.50. The Morgan fingerprint density at radius 1 is 1.39 bits per heavy atom. The first-order valence-electron chi connectivity index (χ1n) is 7.05. The van der Waals surface area contributed by atoms with Crippen LogP contribution in [0.3, 0.4) is 0 Å². The van der Waals surface area contributed by atoms with Crippen LogP contribution in [0.1, 0.15) is 45.0 Å². The van der Waals surface area contributed by atoms with Crippen molar-refractivity contribution in [2.45, 2.75) is 52.2 Å². The Kier molecular flexibility index (Phi) is 4.46. The summed E-state index contributed by atoms with van der Waals surface area (Å²) in [6.45, 7) is 10.4. The van der Waals surface area contributed by atoms with E-state index in [4.69, 9.17) is 5.73 Å². The third-order valence-electron chi connectivity index (χ3n) is 4.33. The van der Waals surface area contributed by atoms with Crippen LogP contribution in [0.15, 0.2) is 17.5 Å². The molecule has 1 aliphatic rings. The summed E-state index contributed by atoms with van der Waals surface area (Å²) in [5, 5.41) is 2.16. The van der Waals surface area contributed by atoms with Gasteiger partial charge in [-0.2, -0.15) is 0 Å². The molecule has 0 radical (unpaired) electrons. The van der Waals surface area contributed by atoms with Gasteiger partial charge in [0, 0.05) is 23.5 Å². The first-order valence-corrected chi connectivity index (χ1v) is 7.93. The minimum Gasteiger partial charge on any atom is -0.326 e. The molecule has 0 spiro atoms. The van der Waals surface area contributed by atoms with Crippen LogP contribution in [0.4, 0.5) is 0 Å². The van der Waals surface area contributed by atoms with Crippen LogP contribution in [0.2, 0.25) is 0 Å². The molecule has 2 N–H and O–H groups in total. The topological polar surface area (TPSA) is 29.3 Å². The van der Waals surface area contributed by atoms with Gasteiger partial charge >= 0.3 is 0 Å². The Balaban J connectivity index is 2.25. The molecule has 2 rings (SSSR count). The van der Waals surface area contributed by atoms with E-state index in [-0.39, 0.29) is 6.04 Å². The molecular formula is C15H26N2S. The smallest absolute Gasteiger partial charge is 0.0593 e. The Labute approximate surface area is 115 Å². The van der Waals surface area contributed by atoms with Gasteiger partial charge in [-0.15, -0.1) is 11.3 Å². The molecule has 1 aromatic rings. The summed E-state index contributed by atoms with van der Waals surface area (Å²) in [5.74, 6) is 1.53. The number of hydrogen-bond donors (Lipinski definition) is 1. The van der Waals surface area contributed by atoms with Crippen molar-refractivity contribution in [2.24, 2.45) is 17.6 Å². The van der Waals surface area contributed by atoms with Crippen molar-refractivity contribution < 1.29 is 0 Å². The van der Waals surface area contributed by atoms with Crippen molar-refractivity contribution in [1.82, 2.24) is 4.90 Å². The largest absolute Gasteiger partial charge is 0.326 e. The zero-order valence-corrected chi connectivity index (χ0v) is 12.8. The molecule has 18 heavy (non-hydrogen) atoms. The quantitative estimate of drug-likeness (QED) is 0.907. The lowest BCUT2D eigenvalue weighted by molar-refractivity contribution is 0.0328. The van der Waals surface area contributed by atoms with Crippen molar-refractivity contribution in [3.05, 3.63) is 22.4 Å². The maximum atomic E-state index is 6.28. The molecular weight excluding hydrogens is 240 g/mol. The highest BCUT2D eigenvalue weighted by molar-refractivity contribution is 7.10. The minimum atomic E-state index is 0.184. The first kappa shape index (κ1) is 14.0. The van der Waals surface area contributed by atoms with E-state index in [1.165, 1.54) is 17.8 Å². The number of piperidine rings is 1. The van der Waals surface area contributed by atoms with Gasteiger partial charge in [0.05, 0.1) is 6.04 Å². The fourth-order valence-electron chi connectivity index (χ4n) is 3.31. The summed E-state index contributed by atoms with van der Waals surface area (Å²) in [6.07, 6.45) is 1.34. The van der Waals surface area contributed by atoms with E-state index in [2.05, 4.69) is 50.1 Å². The van der Waals surface area contributed by atoms with Gasteiger partial charge < -0.3 is 5.73 Å². The normalized spacial score (nSPS) is 33.3. The Bertz CT molecular complexity index is 361. The summed E-state index contributed by atoms with van der Waals surface area (Å²) >= 11 is 1.84. The van der Waals surface area contributed by atoms with Crippen molar-refractivity contribution in [3.63, 3.8) is 0 Å². The van der Waals surface area contributed by atoms with Crippen LogP contribution in [0.5, 0.6) is 0 Å².